The number of methoxy groups -OCH3 is 2. The average molecular weight is 320 g/mol. The van der Waals surface area contributed by atoms with Gasteiger partial charge in [0.2, 0.25) is 0 Å². The van der Waals surface area contributed by atoms with Crippen LogP contribution in [-0.2, 0) is 9.59 Å². The van der Waals surface area contributed by atoms with Crippen molar-refractivity contribution in [3.8, 4) is 11.5 Å². The molecule has 116 valence electrons. The van der Waals surface area contributed by atoms with Crippen molar-refractivity contribution in [1.82, 2.24) is 10.2 Å². The van der Waals surface area contributed by atoms with Crippen LogP contribution in [0.4, 0.5) is 0 Å². The number of hydrogen-bond donors (Lipinski definition) is 1. The molecule has 1 aliphatic heterocycles. The van der Waals surface area contributed by atoms with E-state index in [-0.39, 0.29) is 10.7 Å². The van der Waals surface area contributed by atoms with Crippen LogP contribution in [0.1, 0.15) is 11.1 Å². The first-order valence-corrected chi connectivity index (χ1v) is 6.87. The Bertz CT molecular complexity index is 697. The molecule has 1 heterocycles. The van der Waals surface area contributed by atoms with E-state index in [4.69, 9.17) is 21.7 Å². The molecule has 2 rings (SSSR count). The topological polar surface area (TPSA) is 67.9 Å². The number of thiocarbonyl (C=S) groups is 1. The van der Waals surface area contributed by atoms with E-state index < -0.39 is 11.8 Å². The number of nitrogens with one attached hydrogen (secondary N) is 1. The Hall–Kier alpha value is -2.41. The van der Waals surface area contributed by atoms with Crippen LogP contribution >= 0.6 is 12.2 Å². The number of amides is 2. The zero-order chi connectivity index (χ0) is 16.4. The van der Waals surface area contributed by atoms with E-state index >= 15 is 0 Å². The Labute approximate surface area is 133 Å². The van der Waals surface area contributed by atoms with Crippen molar-refractivity contribution in [3.63, 3.8) is 0 Å². The maximum Gasteiger partial charge on any atom is 0.265 e. The van der Waals surface area contributed by atoms with Crippen molar-refractivity contribution in [1.29, 1.82) is 0 Å². The molecule has 0 aromatic heterocycles. The van der Waals surface area contributed by atoms with Crippen LogP contribution in [0.5, 0.6) is 11.5 Å². The molecule has 1 aromatic rings. The van der Waals surface area contributed by atoms with Crippen molar-refractivity contribution in [2.24, 2.45) is 0 Å². The summed E-state index contributed by atoms with van der Waals surface area (Å²) in [6.07, 6.45) is 1.52. The molecule has 1 fully saturated rings. The number of rotatable bonds is 3. The number of benzene rings is 1. The largest absolute Gasteiger partial charge is 0.493 e. The first-order valence-electron chi connectivity index (χ1n) is 6.46. The molecule has 0 bridgehead atoms. The molecule has 0 aliphatic carbocycles. The van der Waals surface area contributed by atoms with Gasteiger partial charge in [0, 0.05) is 7.05 Å². The zero-order valence-electron chi connectivity index (χ0n) is 12.7. The molecule has 0 radical (unpaired) electrons. The van der Waals surface area contributed by atoms with Crippen molar-refractivity contribution < 1.29 is 19.1 Å². The van der Waals surface area contributed by atoms with Crippen molar-refractivity contribution in [2.45, 2.75) is 6.92 Å². The van der Waals surface area contributed by atoms with Gasteiger partial charge in [-0.2, -0.15) is 0 Å². The second-order valence-electron chi connectivity index (χ2n) is 4.75. The molecule has 1 aliphatic rings. The Morgan fingerprint density at radius 3 is 2.36 bits per heavy atom. The number of aryl methyl sites for hydroxylation is 1. The molecular formula is C15H16N2O4S. The SMILES string of the molecule is COc1cc(C)c(/C=C2\C(=O)NC(=S)N(C)C2=O)cc1OC. The summed E-state index contributed by atoms with van der Waals surface area (Å²) in [5, 5.41) is 2.57. The lowest BCUT2D eigenvalue weighted by atomic mass is 10.0. The Morgan fingerprint density at radius 1 is 1.18 bits per heavy atom. The van der Waals surface area contributed by atoms with Crippen molar-refractivity contribution in [3.05, 3.63) is 28.8 Å². The first kappa shape index (κ1) is 16.0. The van der Waals surface area contributed by atoms with Gasteiger partial charge in [-0.1, -0.05) is 0 Å². The highest BCUT2D eigenvalue weighted by atomic mass is 32.1. The maximum absolute atomic E-state index is 12.2. The van der Waals surface area contributed by atoms with Crippen LogP contribution in [0.2, 0.25) is 0 Å². The fourth-order valence-corrected chi connectivity index (χ4v) is 2.23. The minimum absolute atomic E-state index is 0.0198. The van der Waals surface area contributed by atoms with Gasteiger partial charge in [0.1, 0.15) is 5.57 Å². The Kier molecular flexibility index (Phi) is 4.46. The number of carbonyl (C=O) groups is 2. The predicted octanol–water partition coefficient (Wildman–Crippen LogP) is 1.27. The number of likely N-dealkylation sites (N-methyl/N-ethyl adjacent to an activating group) is 1. The normalized spacial score (nSPS) is 16.8. The molecule has 0 spiro atoms. The minimum atomic E-state index is -0.512. The summed E-state index contributed by atoms with van der Waals surface area (Å²) in [4.78, 5) is 25.4. The quantitative estimate of drug-likeness (QED) is 0.516. The van der Waals surface area contributed by atoms with Crippen molar-refractivity contribution >= 4 is 35.2 Å². The molecular weight excluding hydrogens is 304 g/mol. The average Bonchev–Trinajstić information content (AvgIpc) is 2.50. The fourth-order valence-electron chi connectivity index (χ4n) is 2.05. The molecule has 0 atom stereocenters. The molecule has 6 nitrogen and oxygen atoms in total. The van der Waals surface area contributed by atoms with Crippen LogP contribution in [0, 0.1) is 6.92 Å². The molecule has 7 heteroatoms. The number of carbonyl (C=O) groups excluding carboxylic acids is 2. The lowest BCUT2D eigenvalue weighted by molar-refractivity contribution is -0.128. The summed E-state index contributed by atoms with van der Waals surface area (Å²) in [6.45, 7) is 1.86. The lowest BCUT2D eigenvalue weighted by Gasteiger charge is -2.25. The highest BCUT2D eigenvalue weighted by molar-refractivity contribution is 7.80. The van der Waals surface area contributed by atoms with E-state index in [1.54, 1.807) is 19.2 Å². The highest BCUT2D eigenvalue weighted by Gasteiger charge is 2.30. The Balaban J connectivity index is 2.50. The molecule has 0 saturated carbocycles. The van der Waals surface area contributed by atoms with Gasteiger partial charge in [-0.15, -0.1) is 0 Å². The third-order valence-corrected chi connectivity index (χ3v) is 3.75. The number of nitrogens with zero attached hydrogens (tertiary/aromatic N) is 1. The van der Waals surface area contributed by atoms with E-state index in [0.29, 0.717) is 17.1 Å². The summed E-state index contributed by atoms with van der Waals surface area (Å²) in [7, 11) is 4.58. The predicted molar refractivity (Wildman–Crippen MR) is 85.8 cm³/mol. The lowest BCUT2D eigenvalue weighted by Crippen LogP contribution is -2.52. The van der Waals surface area contributed by atoms with Gasteiger partial charge < -0.3 is 9.47 Å². The molecule has 1 aromatic carbocycles. The smallest absolute Gasteiger partial charge is 0.265 e. The van der Waals surface area contributed by atoms with Gasteiger partial charge in [-0.25, -0.2) is 0 Å². The van der Waals surface area contributed by atoms with Gasteiger partial charge in [0.15, 0.2) is 16.6 Å². The van der Waals surface area contributed by atoms with E-state index in [0.717, 1.165) is 5.56 Å². The van der Waals surface area contributed by atoms with Gasteiger partial charge in [0.05, 0.1) is 14.2 Å². The standard InChI is InChI=1S/C15H16N2O4S/c1-8-5-11(20-3)12(21-4)7-9(8)6-10-13(18)16-15(22)17(2)14(10)19/h5-7H,1-4H3,(H,16,18,22)/b10-6+. The van der Waals surface area contributed by atoms with Gasteiger partial charge in [-0.3, -0.25) is 19.8 Å². The molecule has 2 amide bonds. The van der Waals surface area contributed by atoms with Crippen LogP contribution in [-0.4, -0.2) is 43.1 Å². The van der Waals surface area contributed by atoms with Crippen LogP contribution < -0.4 is 14.8 Å². The number of ether oxygens (including phenoxy) is 2. The van der Waals surface area contributed by atoms with E-state index in [1.807, 2.05) is 6.92 Å². The van der Waals surface area contributed by atoms with Gasteiger partial charge in [-0.05, 0) is 48.5 Å². The minimum Gasteiger partial charge on any atom is -0.493 e. The van der Waals surface area contributed by atoms with Crippen molar-refractivity contribution in [2.75, 3.05) is 21.3 Å². The Morgan fingerprint density at radius 2 is 1.77 bits per heavy atom. The molecule has 0 unspecified atom stereocenters. The van der Waals surface area contributed by atoms with Gasteiger partial charge in [0.25, 0.3) is 11.8 Å². The third kappa shape index (κ3) is 2.80. The molecule has 1 N–H and O–H groups in total. The van der Waals surface area contributed by atoms with Crippen LogP contribution in [0.3, 0.4) is 0 Å². The second-order valence-corrected chi connectivity index (χ2v) is 5.13. The fraction of sp³-hybridized carbons (Fsp3) is 0.267. The van der Waals surface area contributed by atoms with E-state index in [2.05, 4.69) is 5.32 Å². The second kappa shape index (κ2) is 6.15. The zero-order valence-corrected chi connectivity index (χ0v) is 13.5. The molecule has 22 heavy (non-hydrogen) atoms. The molecule has 1 saturated heterocycles. The maximum atomic E-state index is 12.2. The summed E-state index contributed by atoms with van der Waals surface area (Å²) < 4.78 is 10.5. The summed E-state index contributed by atoms with van der Waals surface area (Å²) in [6, 6.07) is 3.50. The van der Waals surface area contributed by atoms with Crippen LogP contribution in [0.25, 0.3) is 6.08 Å². The summed E-state index contributed by atoms with van der Waals surface area (Å²) in [5.74, 6) is 0.151. The van der Waals surface area contributed by atoms with E-state index in [9.17, 15) is 9.59 Å². The van der Waals surface area contributed by atoms with Gasteiger partial charge >= 0.3 is 0 Å². The highest BCUT2D eigenvalue weighted by Crippen LogP contribution is 2.31. The summed E-state index contributed by atoms with van der Waals surface area (Å²) in [5.41, 5.74) is 1.56. The third-order valence-electron chi connectivity index (χ3n) is 3.38. The number of hydrogen-bond acceptors (Lipinski definition) is 5. The monoisotopic (exact) mass is 320 g/mol. The summed E-state index contributed by atoms with van der Waals surface area (Å²) >= 11 is 4.91. The van der Waals surface area contributed by atoms with E-state index in [1.165, 1.54) is 25.1 Å². The first-order chi connectivity index (χ1) is 10.4. The van der Waals surface area contributed by atoms with Crippen LogP contribution in [0.15, 0.2) is 17.7 Å².